The Morgan fingerprint density at radius 3 is 2.65 bits per heavy atom. The molecule has 1 aromatic heterocycles. The van der Waals surface area contributed by atoms with Gasteiger partial charge in [0.05, 0.1) is 9.86 Å². The normalized spacial score (nSPS) is 19.6. The Morgan fingerprint density at radius 2 is 2.24 bits per heavy atom. The molecule has 4 nitrogen and oxygen atoms in total. The van der Waals surface area contributed by atoms with E-state index < -0.39 is 15.6 Å². The molecule has 1 aromatic rings. The average molecular weight is 335 g/mol. The minimum atomic E-state index is -3.60. The quantitative estimate of drug-likeness (QED) is 0.919. The number of thiophene rings is 1. The molecule has 1 N–H and O–H groups in total. The standard InChI is InChI=1S/C10H11BrN2O2S2/c1-10(6-12,7-2-3-7)13-17(14,15)9-5-4-8(11)16-9/h4-5,7,13H,2-3H2,1H3/t10-/m1/s1. The first-order valence-electron chi connectivity index (χ1n) is 5.08. The van der Waals surface area contributed by atoms with E-state index in [1.54, 1.807) is 13.0 Å². The van der Waals surface area contributed by atoms with Crippen LogP contribution in [0.3, 0.4) is 0 Å². The molecule has 0 bridgehead atoms. The second-order valence-electron chi connectivity index (χ2n) is 4.25. The highest BCUT2D eigenvalue weighted by molar-refractivity contribution is 9.11. The highest BCUT2D eigenvalue weighted by atomic mass is 79.9. The molecule has 0 saturated heterocycles. The molecule has 0 radical (unpaired) electrons. The van der Waals surface area contributed by atoms with Gasteiger partial charge >= 0.3 is 0 Å². The Bertz CT molecular complexity index is 571. The molecule has 0 aliphatic heterocycles. The summed E-state index contributed by atoms with van der Waals surface area (Å²) in [4.78, 5) is 0. The fourth-order valence-electron chi connectivity index (χ4n) is 1.63. The highest BCUT2D eigenvalue weighted by Crippen LogP contribution is 2.40. The number of halogens is 1. The Balaban J connectivity index is 2.26. The summed E-state index contributed by atoms with van der Waals surface area (Å²) in [5.74, 6) is 0.130. The third-order valence-electron chi connectivity index (χ3n) is 2.79. The first kappa shape index (κ1) is 13.0. The molecule has 0 unspecified atom stereocenters. The van der Waals surface area contributed by atoms with Crippen molar-refractivity contribution in [2.24, 2.45) is 5.92 Å². The summed E-state index contributed by atoms with van der Waals surface area (Å²) in [6.45, 7) is 1.64. The van der Waals surface area contributed by atoms with Crippen molar-refractivity contribution in [3.63, 3.8) is 0 Å². The zero-order valence-corrected chi connectivity index (χ0v) is 12.3. The molecule has 1 saturated carbocycles. The maximum absolute atomic E-state index is 12.1. The Kier molecular flexibility index (Phi) is 3.34. The second kappa shape index (κ2) is 4.35. The van der Waals surface area contributed by atoms with Gasteiger partial charge in [-0.15, -0.1) is 11.3 Å². The summed E-state index contributed by atoms with van der Waals surface area (Å²) < 4.78 is 27.7. The Labute approximate surface area is 113 Å². The lowest BCUT2D eigenvalue weighted by molar-refractivity contribution is 0.459. The largest absolute Gasteiger partial charge is 0.251 e. The van der Waals surface area contributed by atoms with E-state index in [0.717, 1.165) is 28.0 Å². The van der Waals surface area contributed by atoms with Crippen LogP contribution in [0.2, 0.25) is 0 Å². The molecule has 1 atom stereocenters. The van der Waals surface area contributed by atoms with Crippen LogP contribution in [-0.2, 0) is 10.0 Å². The maximum atomic E-state index is 12.1. The van der Waals surface area contributed by atoms with Gasteiger partial charge in [0.15, 0.2) is 0 Å². The van der Waals surface area contributed by atoms with Crippen LogP contribution in [0.5, 0.6) is 0 Å². The van der Waals surface area contributed by atoms with Gasteiger partial charge in [-0.2, -0.15) is 9.98 Å². The minimum absolute atomic E-state index is 0.130. The SMILES string of the molecule is C[C@](C#N)(NS(=O)(=O)c1ccc(Br)s1)C1CC1. The summed E-state index contributed by atoms with van der Waals surface area (Å²) in [6.07, 6.45) is 1.81. The van der Waals surface area contributed by atoms with Crippen molar-refractivity contribution in [1.29, 1.82) is 5.26 Å². The van der Waals surface area contributed by atoms with E-state index in [-0.39, 0.29) is 10.1 Å². The smallest absolute Gasteiger partial charge is 0.206 e. The van der Waals surface area contributed by atoms with Crippen molar-refractivity contribution < 1.29 is 8.42 Å². The third-order valence-corrected chi connectivity index (χ3v) is 6.47. The predicted molar refractivity (Wildman–Crippen MR) is 69.1 cm³/mol. The van der Waals surface area contributed by atoms with E-state index in [0.29, 0.717) is 0 Å². The van der Waals surface area contributed by atoms with Crippen LogP contribution in [0.15, 0.2) is 20.1 Å². The van der Waals surface area contributed by atoms with E-state index in [4.69, 9.17) is 5.26 Å². The second-order valence-corrected chi connectivity index (χ2v) is 8.62. The van der Waals surface area contributed by atoms with Crippen LogP contribution in [-0.4, -0.2) is 14.0 Å². The molecular formula is C10H11BrN2O2S2. The lowest BCUT2D eigenvalue weighted by atomic mass is 10.0. The molecule has 7 heteroatoms. The third kappa shape index (κ3) is 2.71. The Morgan fingerprint density at radius 1 is 1.59 bits per heavy atom. The van der Waals surface area contributed by atoms with E-state index in [2.05, 4.69) is 26.7 Å². The number of hydrogen-bond acceptors (Lipinski definition) is 4. The summed E-state index contributed by atoms with van der Waals surface area (Å²) >= 11 is 4.36. The van der Waals surface area contributed by atoms with Crippen LogP contribution in [0.1, 0.15) is 19.8 Å². The highest BCUT2D eigenvalue weighted by Gasteiger charge is 2.45. The van der Waals surface area contributed by atoms with Crippen molar-refractivity contribution in [2.75, 3.05) is 0 Å². The van der Waals surface area contributed by atoms with Gasteiger partial charge in [0.2, 0.25) is 0 Å². The summed E-state index contributed by atoms with van der Waals surface area (Å²) in [5.41, 5.74) is -0.991. The van der Waals surface area contributed by atoms with Crippen LogP contribution < -0.4 is 4.72 Å². The molecule has 1 heterocycles. The minimum Gasteiger partial charge on any atom is -0.206 e. The number of nitrogens with one attached hydrogen (secondary N) is 1. The lowest BCUT2D eigenvalue weighted by Crippen LogP contribution is -2.46. The average Bonchev–Trinajstić information content (AvgIpc) is 3.01. The molecule has 2 rings (SSSR count). The maximum Gasteiger partial charge on any atom is 0.251 e. The molecule has 0 amide bonds. The van der Waals surface area contributed by atoms with Crippen molar-refractivity contribution in [2.45, 2.75) is 29.5 Å². The van der Waals surface area contributed by atoms with E-state index in [1.165, 1.54) is 6.07 Å². The Hall–Kier alpha value is -0.420. The fraction of sp³-hybridized carbons (Fsp3) is 0.500. The number of rotatable bonds is 4. The van der Waals surface area contributed by atoms with Gasteiger partial charge in [-0.1, -0.05) is 0 Å². The number of hydrogen-bond donors (Lipinski definition) is 1. The van der Waals surface area contributed by atoms with Crippen LogP contribution in [0, 0.1) is 17.2 Å². The molecule has 92 valence electrons. The van der Waals surface area contributed by atoms with Gasteiger partial charge in [0.1, 0.15) is 9.75 Å². The molecule has 1 aliphatic rings. The van der Waals surface area contributed by atoms with Crippen LogP contribution in [0.4, 0.5) is 0 Å². The number of nitrogens with zero attached hydrogens (tertiary/aromatic N) is 1. The van der Waals surface area contributed by atoms with Crippen LogP contribution >= 0.6 is 27.3 Å². The van der Waals surface area contributed by atoms with E-state index in [1.807, 2.05) is 0 Å². The summed E-state index contributed by atoms with van der Waals surface area (Å²) in [5, 5.41) is 9.13. The number of nitriles is 1. The first-order valence-corrected chi connectivity index (χ1v) is 8.17. The number of sulfonamides is 1. The zero-order valence-electron chi connectivity index (χ0n) is 9.10. The van der Waals surface area contributed by atoms with Gasteiger partial charge in [-0.25, -0.2) is 8.42 Å². The zero-order chi connectivity index (χ0) is 12.7. The van der Waals surface area contributed by atoms with Crippen molar-refractivity contribution in [3.05, 3.63) is 15.9 Å². The van der Waals surface area contributed by atoms with Crippen molar-refractivity contribution in [3.8, 4) is 6.07 Å². The van der Waals surface area contributed by atoms with Gasteiger partial charge in [-0.3, -0.25) is 0 Å². The van der Waals surface area contributed by atoms with Crippen molar-refractivity contribution >= 4 is 37.3 Å². The van der Waals surface area contributed by atoms with Crippen LogP contribution in [0.25, 0.3) is 0 Å². The molecule has 1 fully saturated rings. The van der Waals surface area contributed by atoms with Crippen molar-refractivity contribution in [1.82, 2.24) is 4.72 Å². The lowest BCUT2D eigenvalue weighted by Gasteiger charge is -2.21. The monoisotopic (exact) mass is 334 g/mol. The van der Waals surface area contributed by atoms with Gasteiger partial charge in [-0.05, 0) is 53.7 Å². The predicted octanol–water partition coefficient (Wildman–Crippen LogP) is 2.48. The van der Waals surface area contributed by atoms with E-state index in [9.17, 15) is 8.42 Å². The molecule has 0 aromatic carbocycles. The molecule has 1 aliphatic carbocycles. The first-order chi connectivity index (χ1) is 7.87. The summed E-state index contributed by atoms with van der Waals surface area (Å²) in [7, 11) is -3.60. The molecule has 17 heavy (non-hydrogen) atoms. The van der Waals surface area contributed by atoms with Gasteiger partial charge in [0.25, 0.3) is 10.0 Å². The topological polar surface area (TPSA) is 70.0 Å². The van der Waals surface area contributed by atoms with Gasteiger partial charge < -0.3 is 0 Å². The molecule has 0 spiro atoms. The van der Waals surface area contributed by atoms with E-state index >= 15 is 0 Å². The fourth-order valence-corrected chi connectivity index (χ4v) is 5.02. The van der Waals surface area contributed by atoms with Gasteiger partial charge in [0, 0.05) is 0 Å². The summed E-state index contributed by atoms with van der Waals surface area (Å²) in [6, 6.07) is 5.29. The molecular weight excluding hydrogens is 324 g/mol.